The highest BCUT2D eigenvalue weighted by molar-refractivity contribution is 9.10. The van der Waals surface area contributed by atoms with E-state index in [1.54, 1.807) is 11.3 Å². The third-order valence-electron chi connectivity index (χ3n) is 2.03. The summed E-state index contributed by atoms with van der Waals surface area (Å²) in [7, 11) is 0. The average molecular weight is 278 g/mol. The van der Waals surface area contributed by atoms with E-state index in [4.69, 9.17) is 5.84 Å². The van der Waals surface area contributed by atoms with Crippen LogP contribution in [-0.4, -0.2) is 13.2 Å². The Morgan fingerprint density at radius 2 is 2.29 bits per heavy atom. The lowest BCUT2D eigenvalue weighted by molar-refractivity contribution is 0.461. The zero-order valence-corrected chi connectivity index (χ0v) is 10.8. The predicted octanol–water partition coefficient (Wildman–Crippen LogP) is 1.80. The molecule has 0 saturated heterocycles. The molecule has 3 nitrogen and oxygen atoms in total. The van der Waals surface area contributed by atoms with Crippen molar-refractivity contribution in [3.8, 4) is 0 Å². The second kappa shape index (κ2) is 5.23. The fourth-order valence-electron chi connectivity index (χ4n) is 1.20. The minimum Gasteiger partial charge on any atom is -0.303 e. The monoisotopic (exact) mass is 277 g/mol. The van der Waals surface area contributed by atoms with Gasteiger partial charge in [-0.1, -0.05) is 13.8 Å². The number of hydrogen-bond donors (Lipinski definition) is 3. The Labute approximate surface area is 97.2 Å². The van der Waals surface area contributed by atoms with Crippen LogP contribution in [0.15, 0.2) is 15.9 Å². The molecule has 14 heavy (non-hydrogen) atoms. The van der Waals surface area contributed by atoms with Crippen LogP contribution in [0.1, 0.15) is 18.7 Å². The highest BCUT2D eigenvalue weighted by Crippen LogP contribution is 2.30. The smallest absolute Gasteiger partial charge is 0.0587 e. The first-order valence-electron chi connectivity index (χ1n) is 4.45. The van der Waals surface area contributed by atoms with Gasteiger partial charge < -0.3 is 5.32 Å². The zero-order chi connectivity index (χ0) is 10.6. The minimum absolute atomic E-state index is 0.146. The summed E-state index contributed by atoms with van der Waals surface area (Å²) < 4.78 is 1.16. The van der Waals surface area contributed by atoms with Crippen LogP contribution in [0.3, 0.4) is 0 Å². The highest BCUT2D eigenvalue weighted by Gasteiger charge is 2.21. The van der Waals surface area contributed by atoms with E-state index in [1.807, 2.05) is 0 Å². The van der Waals surface area contributed by atoms with Gasteiger partial charge in [0.15, 0.2) is 0 Å². The van der Waals surface area contributed by atoms with Gasteiger partial charge in [0, 0.05) is 26.7 Å². The quantitative estimate of drug-likeness (QED) is 0.333. The van der Waals surface area contributed by atoms with E-state index in [1.165, 1.54) is 4.88 Å². The first-order valence-corrected chi connectivity index (χ1v) is 6.12. The SMILES string of the molecule is CC(C)(CNCNN)c1cc(Br)cs1. The lowest BCUT2D eigenvalue weighted by Gasteiger charge is -2.23. The number of thiophene rings is 1. The molecule has 0 aromatic carbocycles. The maximum Gasteiger partial charge on any atom is 0.0587 e. The standard InChI is InChI=1S/C9H16BrN3S/c1-9(2,5-12-6-13-11)8-3-7(10)4-14-8/h3-4,12-13H,5-6,11H2,1-2H3. The number of hydrogen-bond acceptors (Lipinski definition) is 4. The minimum atomic E-state index is 0.146. The van der Waals surface area contributed by atoms with Gasteiger partial charge in [-0.2, -0.15) is 0 Å². The van der Waals surface area contributed by atoms with E-state index in [-0.39, 0.29) is 5.41 Å². The van der Waals surface area contributed by atoms with Crippen LogP contribution in [0.5, 0.6) is 0 Å². The molecule has 1 aromatic heterocycles. The molecule has 1 rings (SSSR count). The molecule has 0 spiro atoms. The summed E-state index contributed by atoms with van der Waals surface area (Å²) >= 11 is 5.24. The molecule has 0 aliphatic rings. The largest absolute Gasteiger partial charge is 0.303 e. The molecule has 0 amide bonds. The number of rotatable bonds is 5. The van der Waals surface area contributed by atoms with Gasteiger partial charge in [-0.25, -0.2) is 5.43 Å². The molecular formula is C9H16BrN3S. The second-order valence-corrected chi connectivity index (χ2v) is 5.65. The van der Waals surface area contributed by atoms with E-state index in [0.717, 1.165) is 11.0 Å². The fraction of sp³-hybridized carbons (Fsp3) is 0.556. The molecule has 4 N–H and O–H groups in total. The van der Waals surface area contributed by atoms with E-state index >= 15 is 0 Å². The molecule has 0 saturated carbocycles. The summed E-state index contributed by atoms with van der Waals surface area (Å²) in [4.78, 5) is 1.37. The van der Waals surface area contributed by atoms with E-state index in [0.29, 0.717) is 6.67 Å². The van der Waals surface area contributed by atoms with Gasteiger partial charge in [0.25, 0.3) is 0 Å². The molecule has 0 aliphatic heterocycles. The molecule has 5 heteroatoms. The van der Waals surface area contributed by atoms with Gasteiger partial charge in [0.05, 0.1) is 6.67 Å². The van der Waals surface area contributed by atoms with Crippen molar-refractivity contribution in [2.75, 3.05) is 13.2 Å². The van der Waals surface area contributed by atoms with Crippen molar-refractivity contribution in [2.45, 2.75) is 19.3 Å². The molecule has 1 aromatic rings. The topological polar surface area (TPSA) is 50.1 Å². The number of hydrazine groups is 1. The van der Waals surface area contributed by atoms with Crippen LogP contribution in [0.25, 0.3) is 0 Å². The van der Waals surface area contributed by atoms with E-state index in [9.17, 15) is 0 Å². The summed E-state index contributed by atoms with van der Waals surface area (Å²) in [5.41, 5.74) is 2.73. The zero-order valence-electron chi connectivity index (χ0n) is 8.43. The van der Waals surface area contributed by atoms with Crippen LogP contribution in [0.2, 0.25) is 0 Å². The number of halogens is 1. The van der Waals surface area contributed by atoms with Gasteiger partial charge in [0.2, 0.25) is 0 Å². The molecule has 0 fully saturated rings. The lowest BCUT2D eigenvalue weighted by Crippen LogP contribution is -2.40. The van der Waals surface area contributed by atoms with Crippen molar-refractivity contribution in [3.63, 3.8) is 0 Å². The molecule has 0 aliphatic carbocycles. The van der Waals surface area contributed by atoms with Crippen LogP contribution in [-0.2, 0) is 5.41 Å². The Morgan fingerprint density at radius 3 is 2.79 bits per heavy atom. The molecule has 0 radical (unpaired) electrons. The Hall–Kier alpha value is 0.0600. The van der Waals surface area contributed by atoms with Crippen molar-refractivity contribution in [3.05, 3.63) is 20.8 Å². The van der Waals surface area contributed by atoms with E-state index < -0.39 is 0 Å². The Balaban J connectivity index is 2.56. The predicted molar refractivity (Wildman–Crippen MR) is 65.2 cm³/mol. The van der Waals surface area contributed by atoms with Crippen LogP contribution in [0.4, 0.5) is 0 Å². The summed E-state index contributed by atoms with van der Waals surface area (Å²) in [6.45, 7) is 5.98. The van der Waals surface area contributed by atoms with Gasteiger partial charge in [0.1, 0.15) is 0 Å². The van der Waals surface area contributed by atoms with Crippen LogP contribution in [0, 0.1) is 0 Å². The van der Waals surface area contributed by atoms with E-state index in [2.05, 4.69) is 52.0 Å². The fourth-order valence-corrected chi connectivity index (χ4v) is 2.76. The average Bonchev–Trinajstić information content (AvgIpc) is 2.53. The summed E-state index contributed by atoms with van der Waals surface area (Å²) in [6, 6.07) is 2.17. The first kappa shape index (κ1) is 12.1. The van der Waals surface area contributed by atoms with Crippen LogP contribution >= 0.6 is 27.3 Å². The Kier molecular flexibility index (Phi) is 4.53. The molecule has 1 heterocycles. The molecule has 0 bridgehead atoms. The number of nitrogens with one attached hydrogen (secondary N) is 2. The molecule has 80 valence electrons. The van der Waals surface area contributed by atoms with Crippen molar-refractivity contribution in [1.29, 1.82) is 0 Å². The van der Waals surface area contributed by atoms with Gasteiger partial charge in [-0.05, 0) is 22.0 Å². The first-order chi connectivity index (χ1) is 6.56. The second-order valence-electron chi connectivity index (χ2n) is 3.82. The van der Waals surface area contributed by atoms with Crippen molar-refractivity contribution >= 4 is 27.3 Å². The summed E-state index contributed by atoms with van der Waals surface area (Å²) in [5.74, 6) is 5.18. The van der Waals surface area contributed by atoms with Crippen molar-refractivity contribution in [1.82, 2.24) is 10.7 Å². The maximum atomic E-state index is 5.18. The third kappa shape index (κ3) is 3.33. The van der Waals surface area contributed by atoms with Gasteiger partial charge in [-0.15, -0.1) is 11.3 Å². The summed E-state index contributed by atoms with van der Waals surface area (Å²) in [5, 5.41) is 5.35. The van der Waals surface area contributed by atoms with Crippen LogP contribution < -0.4 is 16.6 Å². The van der Waals surface area contributed by atoms with Crippen molar-refractivity contribution in [2.24, 2.45) is 5.84 Å². The van der Waals surface area contributed by atoms with Gasteiger partial charge >= 0.3 is 0 Å². The number of nitrogens with two attached hydrogens (primary N) is 1. The third-order valence-corrected chi connectivity index (χ3v) is 4.09. The lowest BCUT2D eigenvalue weighted by atomic mass is 9.91. The van der Waals surface area contributed by atoms with Crippen molar-refractivity contribution < 1.29 is 0 Å². The summed E-state index contributed by atoms with van der Waals surface area (Å²) in [6.07, 6.45) is 0. The normalized spacial score (nSPS) is 12.0. The highest BCUT2D eigenvalue weighted by atomic mass is 79.9. The van der Waals surface area contributed by atoms with Gasteiger partial charge in [-0.3, -0.25) is 5.84 Å². The molecule has 0 unspecified atom stereocenters. The molecular weight excluding hydrogens is 262 g/mol. The Bertz CT molecular complexity index is 285. The maximum absolute atomic E-state index is 5.18. The molecule has 0 atom stereocenters. The Morgan fingerprint density at radius 1 is 1.57 bits per heavy atom.